The molecule has 2 heterocycles. The zero-order chi connectivity index (χ0) is 19.3. The van der Waals surface area contributed by atoms with Crippen LogP contribution in [0.3, 0.4) is 0 Å². The van der Waals surface area contributed by atoms with Crippen LogP contribution in [0.15, 0.2) is 54.7 Å². The predicted octanol–water partition coefficient (Wildman–Crippen LogP) is 4.40. The first kappa shape index (κ1) is 18.9. The average molecular weight is 376 g/mol. The first-order valence-electron chi connectivity index (χ1n) is 10.3. The highest BCUT2D eigenvalue weighted by molar-refractivity contribution is 5.88. The van der Waals surface area contributed by atoms with Crippen molar-refractivity contribution >= 4 is 10.9 Å². The molecule has 2 aromatic carbocycles. The lowest BCUT2D eigenvalue weighted by molar-refractivity contribution is 0.100. The number of rotatable bonds is 6. The third kappa shape index (κ3) is 4.18. The molecule has 3 aromatic rings. The maximum atomic E-state index is 6.24. The number of hydrogen-bond donors (Lipinski definition) is 1. The van der Waals surface area contributed by atoms with Crippen molar-refractivity contribution < 1.29 is 4.74 Å². The van der Waals surface area contributed by atoms with Crippen molar-refractivity contribution in [2.24, 2.45) is 5.73 Å². The fourth-order valence-corrected chi connectivity index (χ4v) is 4.08. The van der Waals surface area contributed by atoms with E-state index in [0.717, 1.165) is 56.7 Å². The molecule has 1 aromatic heterocycles. The number of likely N-dealkylation sites (tertiary alicyclic amines) is 1. The first-order chi connectivity index (χ1) is 13.7. The minimum Gasteiger partial charge on any atom is -0.490 e. The highest BCUT2D eigenvalue weighted by Gasteiger charge is 2.20. The summed E-state index contributed by atoms with van der Waals surface area (Å²) in [5.41, 5.74) is 10.3. The van der Waals surface area contributed by atoms with Gasteiger partial charge in [0, 0.05) is 24.7 Å². The molecule has 0 aliphatic carbocycles. The van der Waals surface area contributed by atoms with Crippen LogP contribution in [0.5, 0.6) is 5.75 Å². The summed E-state index contributed by atoms with van der Waals surface area (Å²) >= 11 is 0. The minimum absolute atomic E-state index is 0.312. The highest BCUT2D eigenvalue weighted by atomic mass is 16.5. The molecule has 1 aliphatic heterocycles. The van der Waals surface area contributed by atoms with E-state index >= 15 is 0 Å². The molecule has 0 unspecified atom stereocenters. The van der Waals surface area contributed by atoms with Gasteiger partial charge in [-0.3, -0.25) is 4.98 Å². The Bertz CT molecular complexity index is 915. The summed E-state index contributed by atoms with van der Waals surface area (Å²) in [4.78, 5) is 7.04. The van der Waals surface area contributed by atoms with Gasteiger partial charge in [0.15, 0.2) is 0 Å². The average Bonchev–Trinajstić information content (AvgIpc) is 2.74. The second-order valence-electron chi connectivity index (χ2n) is 7.64. The summed E-state index contributed by atoms with van der Waals surface area (Å²) < 4.78 is 6.24. The SMILES string of the molecule is Cc1c(-c2ccc(OC3CCN(CCCN)CC3)cc2)ccc2cccnc12. The van der Waals surface area contributed by atoms with Crippen LogP contribution in [-0.2, 0) is 0 Å². The van der Waals surface area contributed by atoms with Crippen LogP contribution < -0.4 is 10.5 Å². The van der Waals surface area contributed by atoms with Crippen molar-refractivity contribution in [2.45, 2.75) is 32.3 Å². The van der Waals surface area contributed by atoms with Gasteiger partial charge in [-0.1, -0.05) is 30.3 Å². The maximum absolute atomic E-state index is 6.24. The second-order valence-corrected chi connectivity index (χ2v) is 7.64. The Morgan fingerprint density at radius 3 is 2.61 bits per heavy atom. The molecule has 1 saturated heterocycles. The van der Waals surface area contributed by atoms with Gasteiger partial charge in [0.2, 0.25) is 0 Å². The molecule has 4 rings (SSSR count). The fraction of sp³-hybridized carbons (Fsp3) is 0.375. The van der Waals surface area contributed by atoms with Crippen LogP contribution in [0.2, 0.25) is 0 Å². The van der Waals surface area contributed by atoms with Crippen LogP contribution in [0.1, 0.15) is 24.8 Å². The highest BCUT2D eigenvalue weighted by Crippen LogP contribution is 2.30. The topological polar surface area (TPSA) is 51.4 Å². The second kappa shape index (κ2) is 8.72. The summed E-state index contributed by atoms with van der Waals surface area (Å²) in [6.45, 7) is 6.24. The van der Waals surface area contributed by atoms with E-state index in [2.05, 4.69) is 59.3 Å². The monoisotopic (exact) mass is 375 g/mol. The maximum Gasteiger partial charge on any atom is 0.119 e. The fourth-order valence-electron chi connectivity index (χ4n) is 4.08. The molecular formula is C24H29N3O. The number of piperidine rings is 1. The lowest BCUT2D eigenvalue weighted by atomic mass is 9.98. The third-order valence-electron chi connectivity index (χ3n) is 5.71. The van der Waals surface area contributed by atoms with Gasteiger partial charge in [0.25, 0.3) is 0 Å². The van der Waals surface area contributed by atoms with E-state index in [1.54, 1.807) is 0 Å². The van der Waals surface area contributed by atoms with Crippen molar-refractivity contribution in [3.05, 3.63) is 60.3 Å². The van der Waals surface area contributed by atoms with Crippen LogP contribution in [-0.4, -0.2) is 42.2 Å². The number of aromatic nitrogens is 1. The van der Waals surface area contributed by atoms with Crippen LogP contribution >= 0.6 is 0 Å². The molecule has 4 heteroatoms. The lowest BCUT2D eigenvalue weighted by Crippen LogP contribution is -2.39. The van der Waals surface area contributed by atoms with Gasteiger partial charge in [-0.15, -0.1) is 0 Å². The molecule has 1 fully saturated rings. The summed E-state index contributed by atoms with van der Waals surface area (Å²) in [5.74, 6) is 0.959. The molecule has 0 spiro atoms. The summed E-state index contributed by atoms with van der Waals surface area (Å²) in [6.07, 6.45) is 5.42. The van der Waals surface area contributed by atoms with Gasteiger partial charge < -0.3 is 15.4 Å². The number of benzene rings is 2. The van der Waals surface area contributed by atoms with Crippen molar-refractivity contribution in [1.82, 2.24) is 9.88 Å². The molecule has 0 radical (unpaired) electrons. The van der Waals surface area contributed by atoms with Gasteiger partial charge in [-0.2, -0.15) is 0 Å². The number of ether oxygens (including phenoxy) is 1. The van der Waals surface area contributed by atoms with Crippen LogP contribution in [0.4, 0.5) is 0 Å². The number of nitrogens with zero attached hydrogens (tertiary/aromatic N) is 2. The molecule has 0 amide bonds. The lowest BCUT2D eigenvalue weighted by Gasteiger charge is -2.32. The molecule has 2 N–H and O–H groups in total. The van der Waals surface area contributed by atoms with E-state index in [1.165, 1.54) is 22.1 Å². The Kier molecular flexibility index (Phi) is 5.89. The van der Waals surface area contributed by atoms with E-state index in [9.17, 15) is 0 Å². The number of pyridine rings is 1. The van der Waals surface area contributed by atoms with E-state index < -0.39 is 0 Å². The Morgan fingerprint density at radius 2 is 1.86 bits per heavy atom. The molecule has 28 heavy (non-hydrogen) atoms. The summed E-state index contributed by atoms with van der Waals surface area (Å²) in [6, 6.07) is 16.9. The number of nitrogens with two attached hydrogens (primary N) is 1. The molecule has 0 saturated carbocycles. The van der Waals surface area contributed by atoms with Gasteiger partial charge in [-0.25, -0.2) is 0 Å². The van der Waals surface area contributed by atoms with E-state index in [4.69, 9.17) is 10.5 Å². The standard InChI is InChI=1S/C24H29N3O/c1-18-23(10-7-20-4-2-14-26-24(18)20)19-5-8-21(9-6-19)28-22-11-16-27(17-12-22)15-3-13-25/h2,4-10,14,22H,3,11-13,15-17,25H2,1H3. The Labute approximate surface area is 167 Å². The van der Waals surface area contributed by atoms with Crippen molar-refractivity contribution in [1.29, 1.82) is 0 Å². The van der Waals surface area contributed by atoms with Crippen molar-refractivity contribution in [3.63, 3.8) is 0 Å². The van der Waals surface area contributed by atoms with Gasteiger partial charge in [0.05, 0.1) is 5.52 Å². The first-order valence-corrected chi connectivity index (χ1v) is 10.3. The van der Waals surface area contributed by atoms with E-state index in [-0.39, 0.29) is 0 Å². The smallest absolute Gasteiger partial charge is 0.119 e. The van der Waals surface area contributed by atoms with Crippen molar-refractivity contribution in [2.75, 3.05) is 26.2 Å². The predicted molar refractivity (Wildman–Crippen MR) is 116 cm³/mol. The molecule has 146 valence electrons. The third-order valence-corrected chi connectivity index (χ3v) is 5.71. The largest absolute Gasteiger partial charge is 0.490 e. The van der Waals surface area contributed by atoms with Crippen LogP contribution in [0.25, 0.3) is 22.0 Å². The Morgan fingerprint density at radius 1 is 1.07 bits per heavy atom. The number of hydrogen-bond acceptors (Lipinski definition) is 4. The number of fused-ring (bicyclic) bond motifs is 1. The minimum atomic E-state index is 0.312. The number of aryl methyl sites for hydroxylation is 1. The van der Waals surface area contributed by atoms with E-state index in [0.29, 0.717) is 6.10 Å². The van der Waals surface area contributed by atoms with Gasteiger partial charge >= 0.3 is 0 Å². The Balaban J connectivity index is 1.42. The van der Waals surface area contributed by atoms with E-state index in [1.807, 2.05) is 12.3 Å². The molecule has 0 bridgehead atoms. The van der Waals surface area contributed by atoms with Gasteiger partial charge in [-0.05, 0) is 74.2 Å². The molecule has 1 aliphatic rings. The Hall–Kier alpha value is -2.43. The summed E-state index contributed by atoms with van der Waals surface area (Å²) in [5, 5.41) is 1.18. The molecule has 4 nitrogen and oxygen atoms in total. The zero-order valence-corrected chi connectivity index (χ0v) is 16.6. The summed E-state index contributed by atoms with van der Waals surface area (Å²) in [7, 11) is 0. The molecule has 0 atom stereocenters. The quantitative estimate of drug-likeness (QED) is 0.694. The molecular weight excluding hydrogens is 346 g/mol. The van der Waals surface area contributed by atoms with Gasteiger partial charge in [0.1, 0.15) is 11.9 Å². The zero-order valence-electron chi connectivity index (χ0n) is 16.6. The van der Waals surface area contributed by atoms with Crippen LogP contribution in [0, 0.1) is 6.92 Å². The normalized spacial score (nSPS) is 15.8. The van der Waals surface area contributed by atoms with Crippen molar-refractivity contribution in [3.8, 4) is 16.9 Å².